The Labute approximate surface area is 95.2 Å². The molecule has 0 aromatic carbocycles. The summed E-state index contributed by atoms with van der Waals surface area (Å²) >= 11 is 0. The maximum Gasteiger partial charge on any atom is 0.220 e. The molecule has 1 amide bonds. The second kappa shape index (κ2) is 3.65. The van der Waals surface area contributed by atoms with Gasteiger partial charge in [0, 0.05) is 24.8 Å². The van der Waals surface area contributed by atoms with E-state index >= 15 is 0 Å². The zero-order chi connectivity index (χ0) is 11.1. The Hall–Kier alpha value is -1.25. The number of carbonyl (C=O) groups is 1. The van der Waals surface area contributed by atoms with Gasteiger partial charge in [-0.3, -0.25) is 4.79 Å². The largest absolute Gasteiger partial charge is 0.466 e. The van der Waals surface area contributed by atoms with E-state index in [-0.39, 0.29) is 11.9 Å². The molecule has 1 saturated heterocycles. The molecule has 86 valence electrons. The van der Waals surface area contributed by atoms with E-state index in [0.29, 0.717) is 12.3 Å². The van der Waals surface area contributed by atoms with Crippen molar-refractivity contribution in [3.8, 4) is 0 Å². The molecule has 3 rings (SSSR count). The molecule has 3 heteroatoms. The average Bonchev–Trinajstić information content (AvgIpc) is 2.65. The van der Waals surface area contributed by atoms with Crippen LogP contribution in [0, 0.1) is 5.92 Å². The standard InChI is InChI=1S/C13H17NO2/c1-8-6-11(8)12-4-3-10(16-12)7-9-2-5-13(15)14-9/h3-4,8-9,11H,2,5-7H2,1H3,(H,14,15). The number of nitrogens with one attached hydrogen (secondary N) is 1. The fourth-order valence-electron chi connectivity index (χ4n) is 2.50. The van der Waals surface area contributed by atoms with E-state index in [9.17, 15) is 4.79 Å². The van der Waals surface area contributed by atoms with Crippen LogP contribution in [-0.4, -0.2) is 11.9 Å². The monoisotopic (exact) mass is 219 g/mol. The van der Waals surface area contributed by atoms with Crippen molar-refractivity contribution >= 4 is 5.91 Å². The Balaban J connectivity index is 1.62. The van der Waals surface area contributed by atoms with Gasteiger partial charge in [-0.15, -0.1) is 0 Å². The molecule has 1 aromatic heterocycles. The van der Waals surface area contributed by atoms with Gasteiger partial charge in [-0.25, -0.2) is 0 Å². The fourth-order valence-corrected chi connectivity index (χ4v) is 2.50. The van der Waals surface area contributed by atoms with Crippen LogP contribution < -0.4 is 5.32 Å². The van der Waals surface area contributed by atoms with Crippen LogP contribution >= 0.6 is 0 Å². The SMILES string of the molecule is CC1CC1c1ccc(CC2CCC(=O)N2)o1. The van der Waals surface area contributed by atoms with Crippen LogP contribution in [0.15, 0.2) is 16.5 Å². The van der Waals surface area contributed by atoms with Crippen molar-refractivity contribution in [1.29, 1.82) is 0 Å². The first-order valence-corrected chi connectivity index (χ1v) is 6.10. The summed E-state index contributed by atoms with van der Waals surface area (Å²) in [6.45, 7) is 2.25. The molecule has 1 saturated carbocycles. The van der Waals surface area contributed by atoms with Crippen molar-refractivity contribution in [1.82, 2.24) is 5.32 Å². The highest BCUT2D eigenvalue weighted by Crippen LogP contribution is 2.47. The highest BCUT2D eigenvalue weighted by molar-refractivity contribution is 5.78. The molecular formula is C13H17NO2. The minimum Gasteiger partial charge on any atom is -0.466 e. The van der Waals surface area contributed by atoms with Crippen molar-refractivity contribution in [3.63, 3.8) is 0 Å². The maximum atomic E-state index is 11.1. The molecule has 3 atom stereocenters. The second-order valence-corrected chi connectivity index (χ2v) is 5.13. The van der Waals surface area contributed by atoms with E-state index in [1.54, 1.807) is 0 Å². The first-order chi connectivity index (χ1) is 7.72. The van der Waals surface area contributed by atoms with Gasteiger partial charge < -0.3 is 9.73 Å². The average molecular weight is 219 g/mol. The maximum absolute atomic E-state index is 11.1. The molecule has 16 heavy (non-hydrogen) atoms. The third-order valence-corrected chi connectivity index (χ3v) is 3.69. The number of carbonyl (C=O) groups excluding carboxylic acids is 1. The predicted octanol–water partition coefficient (Wildman–Crippen LogP) is 2.22. The molecular weight excluding hydrogens is 202 g/mol. The minimum absolute atomic E-state index is 0.174. The van der Waals surface area contributed by atoms with Crippen LogP contribution in [0.1, 0.15) is 43.6 Å². The second-order valence-electron chi connectivity index (χ2n) is 5.13. The summed E-state index contributed by atoms with van der Waals surface area (Å²) in [6.07, 6.45) is 3.70. The summed E-state index contributed by atoms with van der Waals surface area (Å²) in [4.78, 5) is 11.1. The summed E-state index contributed by atoms with van der Waals surface area (Å²) in [5.74, 6) is 3.75. The quantitative estimate of drug-likeness (QED) is 0.847. The lowest BCUT2D eigenvalue weighted by molar-refractivity contribution is -0.119. The van der Waals surface area contributed by atoms with Crippen molar-refractivity contribution in [2.75, 3.05) is 0 Å². The molecule has 1 aliphatic carbocycles. The molecule has 1 aromatic rings. The lowest BCUT2D eigenvalue weighted by Crippen LogP contribution is -2.26. The van der Waals surface area contributed by atoms with Crippen LogP contribution in [-0.2, 0) is 11.2 Å². The van der Waals surface area contributed by atoms with Gasteiger partial charge in [0.2, 0.25) is 5.91 Å². The topological polar surface area (TPSA) is 42.2 Å². The summed E-state index contributed by atoms with van der Waals surface area (Å²) < 4.78 is 5.82. The Bertz CT molecular complexity index is 410. The van der Waals surface area contributed by atoms with Crippen LogP contribution in [0.5, 0.6) is 0 Å². The van der Waals surface area contributed by atoms with Crippen LogP contribution in [0.3, 0.4) is 0 Å². The smallest absolute Gasteiger partial charge is 0.220 e. The lowest BCUT2D eigenvalue weighted by atomic mass is 10.1. The third kappa shape index (κ3) is 1.86. The van der Waals surface area contributed by atoms with Gasteiger partial charge in [0.15, 0.2) is 0 Å². The summed E-state index contributed by atoms with van der Waals surface area (Å²) in [5, 5.41) is 2.97. The molecule has 3 nitrogen and oxygen atoms in total. The van der Waals surface area contributed by atoms with Crippen molar-refractivity contribution in [2.45, 2.75) is 44.6 Å². The molecule has 2 aliphatic rings. The number of furan rings is 1. The van der Waals surface area contributed by atoms with Gasteiger partial charge in [0.25, 0.3) is 0 Å². The molecule has 0 spiro atoms. The Morgan fingerprint density at radius 1 is 1.50 bits per heavy atom. The Morgan fingerprint density at radius 3 is 2.94 bits per heavy atom. The van der Waals surface area contributed by atoms with Gasteiger partial charge in [0.05, 0.1) is 0 Å². The molecule has 1 N–H and O–H groups in total. The Kier molecular flexibility index (Phi) is 2.27. The normalized spacial score (nSPS) is 32.8. The highest BCUT2D eigenvalue weighted by Gasteiger charge is 2.36. The molecule has 2 fully saturated rings. The van der Waals surface area contributed by atoms with Crippen LogP contribution in [0.25, 0.3) is 0 Å². The van der Waals surface area contributed by atoms with E-state index in [4.69, 9.17) is 4.42 Å². The van der Waals surface area contributed by atoms with Crippen LogP contribution in [0.4, 0.5) is 0 Å². The van der Waals surface area contributed by atoms with E-state index in [2.05, 4.69) is 24.4 Å². The number of hydrogen-bond donors (Lipinski definition) is 1. The van der Waals surface area contributed by atoms with E-state index in [0.717, 1.165) is 30.3 Å². The van der Waals surface area contributed by atoms with Gasteiger partial charge in [-0.2, -0.15) is 0 Å². The minimum atomic E-state index is 0.174. The van der Waals surface area contributed by atoms with Gasteiger partial charge in [0.1, 0.15) is 11.5 Å². The van der Waals surface area contributed by atoms with Crippen molar-refractivity contribution in [3.05, 3.63) is 23.7 Å². The molecule has 1 aliphatic heterocycles. The molecule has 3 unspecified atom stereocenters. The van der Waals surface area contributed by atoms with E-state index < -0.39 is 0 Å². The molecule has 0 radical (unpaired) electrons. The van der Waals surface area contributed by atoms with Crippen molar-refractivity contribution < 1.29 is 9.21 Å². The van der Waals surface area contributed by atoms with Gasteiger partial charge in [-0.05, 0) is 30.9 Å². The molecule has 2 heterocycles. The lowest BCUT2D eigenvalue weighted by Gasteiger charge is -2.06. The van der Waals surface area contributed by atoms with Crippen LogP contribution in [0.2, 0.25) is 0 Å². The number of amides is 1. The van der Waals surface area contributed by atoms with Gasteiger partial charge >= 0.3 is 0 Å². The first-order valence-electron chi connectivity index (χ1n) is 6.10. The summed E-state index contributed by atoms with van der Waals surface area (Å²) in [7, 11) is 0. The Morgan fingerprint density at radius 2 is 2.31 bits per heavy atom. The predicted molar refractivity (Wildman–Crippen MR) is 60.1 cm³/mol. The third-order valence-electron chi connectivity index (χ3n) is 3.69. The number of hydrogen-bond acceptors (Lipinski definition) is 2. The zero-order valence-electron chi connectivity index (χ0n) is 9.53. The highest BCUT2D eigenvalue weighted by atomic mass is 16.3. The summed E-state index contributed by atoms with van der Waals surface area (Å²) in [6, 6.07) is 4.44. The van der Waals surface area contributed by atoms with Gasteiger partial charge in [-0.1, -0.05) is 6.92 Å². The van der Waals surface area contributed by atoms with E-state index in [1.165, 1.54) is 6.42 Å². The summed E-state index contributed by atoms with van der Waals surface area (Å²) in [5.41, 5.74) is 0. The molecule has 0 bridgehead atoms. The van der Waals surface area contributed by atoms with Crippen molar-refractivity contribution in [2.24, 2.45) is 5.92 Å². The van der Waals surface area contributed by atoms with E-state index in [1.807, 2.05) is 0 Å². The number of rotatable bonds is 3. The first kappa shape index (κ1) is 9.94. The fraction of sp³-hybridized carbons (Fsp3) is 0.615. The zero-order valence-corrected chi connectivity index (χ0v) is 9.53.